The Balaban J connectivity index is 2.94. The summed E-state index contributed by atoms with van der Waals surface area (Å²) < 4.78 is 10.2. The van der Waals surface area contributed by atoms with Crippen molar-refractivity contribution in [2.75, 3.05) is 13.7 Å². The fraction of sp³-hybridized carbons (Fsp3) is 0.417. The molecule has 0 aliphatic rings. The number of methoxy groups -OCH3 is 1. The van der Waals surface area contributed by atoms with Gasteiger partial charge in [-0.25, -0.2) is 0 Å². The highest BCUT2D eigenvalue weighted by molar-refractivity contribution is 5.80. The van der Waals surface area contributed by atoms with Crippen molar-refractivity contribution in [3.8, 4) is 11.5 Å². The van der Waals surface area contributed by atoms with Crippen molar-refractivity contribution < 1.29 is 19.2 Å². The maximum atomic E-state index is 11.5. The van der Waals surface area contributed by atoms with Crippen LogP contribution in [0.2, 0.25) is 0 Å². The molecule has 7 nitrogen and oxygen atoms in total. The molecular formula is C12H16N2O5. The van der Waals surface area contributed by atoms with E-state index in [1.165, 1.54) is 32.2 Å². The lowest BCUT2D eigenvalue weighted by molar-refractivity contribution is -0.386. The minimum absolute atomic E-state index is 0.0320. The zero-order valence-corrected chi connectivity index (χ0v) is 11.0. The second-order valence-corrected chi connectivity index (χ2v) is 3.75. The Morgan fingerprint density at radius 3 is 2.74 bits per heavy atom. The van der Waals surface area contributed by atoms with E-state index < -0.39 is 11.0 Å². The molecule has 0 bridgehead atoms. The van der Waals surface area contributed by atoms with Crippen LogP contribution in [-0.4, -0.2) is 30.6 Å². The summed E-state index contributed by atoms with van der Waals surface area (Å²) >= 11 is 0. The molecular weight excluding hydrogens is 252 g/mol. The van der Waals surface area contributed by atoms with E-state index >= 15 is 0 Å². The molecule has 1 amide bonds. The highest BCUT2D eigenvalue weighted by Gasteiger charge is 2.21. The summed E-state index contributed by atoms with van der Waals surface area (Å²) in [6.07, 6.45) is -0.813. The highest BCUT2D eigenvalue weighted by atomic mass is 16.6. The van der Waals surface area contributed by atoms with E-state index in [1.807, 2.05) is 0 Å². The summed E-state index contributed by atoms with van der Waals surface area (Å²) in [7, 11) is 1.41. The van der Waals surface area contributed by atoms with Gasteiger partial charge in [-0.05, 0) is 26.0 Å². The van der Waals surface area contributed by atoms with Crippen LogP contribution in [0.25, 0.3) is 0 Å². The lowest BCUT2D eigenvalue weighted by Crippen LogP contribution is -2.36. The number of ether oxygens (including phenoxy) is 2. The normalized spacial score (nSPS) is 11.5. The zero-order valence-electron chi connectivity index (χ0n) is 11.0. The van der Waals surface area contributed by atoms with E-state index in [4.69, 9.17) is 9.47 Å². The molecule has 19 heavy (non-hydrogen) atoms. The number of carbonyl (C=O) groups excluding carboxylic acids is 1. The summed E-state index contributed by atoms with van der Waals surface area (Å²) in [4.78, 5) is 21.9. The van der Waals surface area contributed by atoms with Crippen LogP contribution in [0.1, 0.15) is 13.8 Å². The first-order chi connectivity index (χ1) is 8.99. The molecule has 0 heterocycles. The van der Waals surface area contributed by atoms with Crippen molar-refractivity contribution in [1.29, 1.82) is 0 Å². The third-order valence-corrected chi connectivity index (χ3v) is 2.39. The molecule has 0 saturated carbocycles. The van der Waals surface area contributed by atoms with E-state index in [2.05, 4.69) is 5.32 Å². The van der Waals surface area contributed by atoms with Gasteiger partial charge in [-0.15, -0.1) is 0 Å². The number of hydrogen-bond acceptors (Lipinski definition) is 5. The Morgan fingerprint density at radius 2 is 2.21 bits per heavy atom. The number of rotatable bonds is 6. The number of nitro groups is 1. The second kappa shape index (κ2) is 6.58. The van der Waals surface area contributed by atoms with Gasteiger partial charge in [-0.3, -0.25) is 14.9 Å². The van der Waals surface area contributed by atoms with Gasteiger partial charge in [0.2, 0.25) is 0 Å². The van der Waals surface area contributed by atoms with Crippen molar-refractivity contribution in [1.82, 2.24) is 5.32 Å². The van der Waals surface area contributed by atoms with Gasteiger partial charge >= 0.3 is 5.69 Å². The smallest absolute Gasteiger partial charge is 0.314 e. The molecule has 0 spiro atoms. The number of nitrogens with one attached hydrogen (secondary N) is 1. The molecule has 0 saturated heterocycles. The van der Waals surface area contributed by atoms with E-state index in [0.717, 1.165) is 0 Å². The topological polar surface area (TPSA) is 90.7 Å². The zero-order chi connectivity index (χ0) is 14.4. The molecule has 0 unspecified atom stereocenters. The van der Waals surface area contributed by atoms with Gasteiger partial charge in [0, 0.05) is 6.54 Å². The third-order valence-electron chi connectivity index (χ3n) is 2.39. The average Bonchev–Trinajstić information content (AvgIpc) is 2.39. The molecule has 1 rings (SSSR count). The summed E-state index contributed by atoms with van der Waals surface area (Å²) in [5, 5.41) is 13.5. The maximum Gasteiger partial charge on any atom is 0.314 e. The Morgan fingerprint density at radius 1 is 1.53 bits per heavy atom. The number of amides is 1. The fourth-order valence-electron chi connectivity index (χ4n) is 1.43. The Bertz CT molecular complexity index is 475. The van der Waals surface area contributed by atoms with Crippen molar-refractivity contribution in [2.24, 2.45) is 0 Å². The fourth-order valence-corrected chi connectivity index (χ4v) is 1.43. The van der Waals surface area contributed by atoms with Gasteiger partial charge in [-0.1, -0.05) is 0 Å². The summed E-state index contributed by atoms with van der Waals surface area (Å²) in [5.74, 6) is 0.0573. The summed E-state index contributed by atoms with van der Waals surface area (Å²) in [6, 6.07) is 4.19. The van der Waals surface area contributed by atoms with Crippen LogP contribution < -0.4 is 14.8 Å². The van der Waals surface area contributed by atoms with Crippen LogP contribution in [0.4, 0.5) is 5.69 Å². The second-order valence-electron chi connectivity index (χ2n) is 3.75. The van der Waals surface area contributed by atoms with Crippen LogP contribution >= 0.6 is 0 Å². The number of carbonyl (C=O) groups is 1. The highest BCUT2D eigenvalue weighted by Crippen LogP contribution is 2.31. The molecule has 1 N–H and O–H groups in total. The van der Waals surface area contributed by atoms with Crippen LogP contribution in [0, 0.1) is 10.1 Å². The molecule has 0 aromatic heterocycles. The first-order valence-electron chi connectivity index (χ1n) is 5.76. The minimum atomic E-state index is -0.813. The van der Waals surface area contributed by atoms with E-state index in [9.17, 15) is 14.9 Å². The molecule has 1 atom stereocenters. The quantitative estimate of drug-likeness (QED) is 0.623. The van der Waals surface area contributed by atoms with Crippen LogP contribution in [-0.2, 0) is 4.79 Å². The number of likely N-dealkylation sites (N-methyl/N-ethyl adjacent to an activating group) is 1. The van der Waals surface area contributed by atoms with E-state index in [-0.39, 0.29) is 17.3 Å². The largest absolute Gasteiger partial charge is 0.496 e. The Kier molecular flexibility index (Phi) is 5.11. The number of hydrogen-bond donors (Lipinski definition) is 1. The SMILES string of the molecule is CCNC(=O)[C@@H](C)Oc1ccc(OC)cc1[N+](=O)[O-]. The van der Waals surface area contributed by atoms with Gasteiger partial charge < -0.3 is 14.8 Å². The van der Waals surface area contributed by atoms with E-state index in [1.54, 1.807) is 6.92 Å². The molecule has 1 aromatic rings. The molecule has 0 fully saturated rings. The summed E-state index contributed by atoms with van der Waals surface area (Å²) in [5.41, 5.74) is -0.240. The van der Waals surface area contributed by atoms with Gasteiger partial charge in [0.25, 0.3) is 5.91 Å². The van der Waals surface area contributed by atoms with Gasteiger partial charge in [0.05, 0.1) is 18.1 Å². The Labute approximate surface area is 110 Å². The maximum absolute atomic E-state index is 11.5. The molecule has 1 aromatic carbocycles. The average molecular weight is 268 g/mol. The van der Waals surface area contributed by atoms with Crippen molar-refractivity contribution in [3.05, 3.63) is 28.3 Å². The standard InChI is InChI=1S/C12H16N2O5/c1-4-13-12(15)8(2)19-11-6-5-9(18-3)7-10(11)14(16)17/h5-8H,4H2,1-3H3,(H,13,15)/t8-/m1/s1. The molecule has 104 valence electrons. The van der Waals surface area contributed by atoms with Crippen LogP contribution in [0.5, 0.6) is 11.5 Å². The van der Waals surface area contributed by atoms with Crippen LogP contribution in [0.15, 0.2) is 18.2 Å². The molecule has 7 heteroatoms. The van der Waals surface area contributed by atoms with Crippen molar-refractivity contribution >= 4 is 11.6 Å². The lowest BCUT2D eigenvalue weighted by atomic mass is 10.2. The molecule has 0 radical (unpaired) electrons. The van der Waals surface area contributed by atoms with Crippen LogP contribution in [0.3, 0.4) is 0 Å². The number of benzene rings is 1. The first-order valence-corrected chi connectivity index (χ1v) is 5.76. The first kappa shape index (κ1) is 14.7. The number of nitro benzene ring substituents is 1. The number of nitrogens with zero attached hydrogens (tertiary/aromatic N) is 1. The van der Waals surface area contributed by atoms with Gasteiger partial charge in [-0.2, -0.15) is 0 Å². The monoisotopic (exact) mass is 268 g/mol. The van der Waals surface area contributed by atoms with Gasteiger partial charge in [0.15, 0.2) is 11.9 Å². The predicted molar refractivity (Wildman–Crippen MR) is 68.4 cm³/mol. The third kappa shape index (κ3) is 3.84. The van der Waals surface area contributed by atoms with Crippen molar-refractivity contribution in [2.45, 2.75) is 20.0 Å². The molecule has 0 aliphatic carbocycles. The Hall–Kier alpha value is -2.31. The summed E-state index contributed by atoms with van der Waals surface area (Å²) in [6.45, 7) is 3.77. The van der Waals surface area contributed by atoms with Crippen molar-refractivity contribution in [3.63, 3.8) is 0 Å². The minimum Gasteiger partial charge on any atom is -0.496 e. The van der Waals surface area contributed by atoms with Gasteiger partial charge in [0.1, 0.15) is 5.75 Å². The lowest BCUT2D eigenvalue weighted by Gasteiger charge is -2.14. The van der Waals surface area contributed by atoms with E-state index in [0.29, 0.717) is 12.3 Å². The molecule has 0 aliphatic heterocycles. The predicted octanol–water partition coefficient (Wildman–Crippen LogP) is 1.51.